The van der Waals surface area contributed by atoms with Crippen LogP contribution in [0.2, 0.25) is 0 Å². The topological polar surface area (TPSA) is 84.7 Å². The second-order valence-electron chi connectivity index (χ2n) is 8.09. The summed E-state index contributed by atoms with van der Waals surface area (Å²) in [6.07, 6.45) is 3.35. The zero-order valence-electron chi connectivity index (χ0n) is 18.2. The molecule has 32 heavy (non-hydrogen) atoms. The van der Waals surface area contributed by atoms with E-state index in [0.29, 0.717) is 36.7 Å². The molecule has 2 aromatic heterocycles. The van der Waals surface area contributed by atoms with Crippen molar-refractivity contribution in [2.45, 2.75) is 45.3 Å². The molecule has 0 bridgehead atoms. The average Bonchev–Trinajstić information content (AvgIpc) is 3.50. The maximum absolute atomic E-state index is 12.9. The average molecular weight is 454 g/mol. The first-order chi connectivity index (χ1) is 15.5. The second-order valence-corrected chi connectivity index (χ2v) is 8.98. The molecule has 1 aliphatic heterocycles. The number of nitrogens with zero attached hydrogens (tertiary/aromatic N) is 2. The number of rotatable bonds is 7. The van der Waals surface area contributed by atoms with Gasteiger partial charge in [0.2, 0.25) is 0 Å². The zero-order chi connectivity index (χ0) is 22.5. The summed E-state index contributed by atoms with van der Waals surface area (Å²) in [5.74, 6) is 1.56. The number of ether oxygens (including phenoxy) is 1. The lowest BCUT2D eigenvalue weighted by molar-refractivity contribution is 0.0713. The highest BCUT2D eigenvalue weighted by Crippen LogP contribution is 2.31. The van der Waals surface area contributed by atoms with Crippen molar-refractivity contribution < 1.29 is 18.7 Å². The minimum Gasteiger partial charge on any atom is -0.491 e. The Kier molecular flexibility index (Phi) is 6.90. The molecule has 0 spiro atoms. The minimum atomic E-state index is -0.207. The Morgan fingerprint density at radius 2 is 1.97 bits per heavy atom. The Labute approximate surface area is 191 Å². The molecule has 1 aliphatic rings. The maximum atomic E-state index is 12.9. The number of amides is 2. The number of likely N-dealkylation sites (tertiary alicyclic amines) is 1. The molecule has 3 aromatic rings. The summed E-state index contributed by atoms with van der Waals surface area (Å²) in [5, 5.41) is 5.57. The lowest BCUT2D eigenvalue weighted by Gasteiger charge is -2.31. The van der Waals surface area contributed by atoms with Crippen molar-refractivity contribution in [2.75, 3.05) is 13.1 Å². The predicted molar refractivity (Wildman–Crippen MR) is 122 cm³/mol. The lowest BCUT2D eigenvalue weighted by atomic mass is 9.97. The van der Waals surface area contributed by atoms with Gasteiger partial charge in [-0.3, -0.25) is 9.59 Å². The Hall–Kier alpha value is -3.13. The molecule has 8 heteroatoms. The van der Waals surface area contributed by atoms with Crippen LogP contribution in [0.15, 0.2) is 52.5 Å². The summed E-state index contributed by atoms with van der Waals surface area (Å²) < 4.78 is 10.9. The molecule has 7 nitrogen and oxygen atoms in total. The molecular formula is C24H27N3O4S. The summed E-state index contributed by atoms with van der Waals surface area (Å²) in [6, 6.07) is 10.9. The Morgan fingerprint density at radius 3 is 2.62 bits per heavy atom. The highest BCUT2D eigenvalue weighted by molar-refractivity contribution is 7.09. The van der Waals surface area contributed by atoms with Crippen LogP contribution >= 0.6 is 11.3 Å². The first kappa shape index (κ1) is 22.1. The number of thiazole rings is 1. The van der Waals surface area contributed by atoms with Gasteiger partial charge in [0.25, 0.3) is 11.8 Å². The van der Waals surface area contributed by atoms with Crippen LogP contribution in [0.25, 0.3) is 0 Å². The number of nitrogens with one attached hydrogen (secondary N) is 1. The summed E-state index contributed by atoms with van der Waals surface area (Å²) in [5.41, 5.74) is 1.10. The third-order valence-electron chi connectivity index (χ3n) is 5.36. The van der Waals surface area contributed by atoms with Gasteiger partial charge in [0, 0.05) is 30.0 Å². The van der Waals surface area contributed by atoms with Gasteiger partial charge >= 0.3 is 0 Å². The van der Waals surface area contributed by atoms with Crippen LogP contribution < -0.4 is 10.1 Å². The second kappa shape index (κ2) is 9.99. The molecular weight excluding hydrogens is 426 g/mol. The van der Waals surface area contributed by atoms with Crippen LogP contribution in [-0.2, 0) is 6.54 Å². The smallest absolute Gasteiger partial charge is 0.271 e. The monoisotopic (exact) mass is 453 g/mol. The van der Waals surface area contributed by atoms with Crippen molar-refractivity contribution in [3.8, 4) is 5.75 Å². The van der Waals surface area contributed by atoms with Gasteiger partial charge in [0.05, 0.1) is 23.9 Å². The van der Waals surface area contributed by atoms with Gasteiger partial charge in [-0.05, 0) is 63.1 Å². The molecule has 0 unspecified atom stereocenters. The van der Waals surface area contributed by atoms with Crippen LogP contribution in [0.4, 0.5) is 0 Å². The lowest BCUT2D eigenvalue weighted by Crippen LogP contribution is -2.37. The summed E-state index contributed by atoms with van der Waals surface area (Å²) >= 11 is 1.51. The summed E-state index contributed by atoms with van der Waals surface area (Å²) in [7, 11) is 0. The molecule has 0 saturated carbocycles. The van der Waals surface area contributed by atoms with Crippen LogP contribution in [0.5, 0.6) is 5.75 Å². The standard InChI is InChI=1S/C24H27N3O4S/c1-16(2)31-19-7-5-18(6-8-19)24(29)27-11-9-17(10-12-27)23-26-21(15-32-23)22(28)25-14-20-4-3-13-30-20/h3-8,13,15-17H,9-12,14H2,1-2H3,(H,25,28). The SMILES string of the molecule is CC(C)Oc1ccc(C(=O)N2CCC(c3nc(C(=O)NCc4ccco4)cs3)CC2)cc1. The van der Waals surface area contributed by atoms with Crippen LogP contribution in [0, 0.1) is 0 Å². The minimum absolute atomic E-state index is 0.0386. The molecule has 2 amide bonds. The molecule has 0 radical (unpaired) electrons. The first-order valence-electron chi connectivity index (χ1n) is 10.8. The van der Waals surface area contributed by atoms with Crippen LogP contribution in [0.1, 0.15) is 64.2 Å². The fraction of sp³-hybridized carbons (Fsp3) is 0.375. The van der Waals surface area contributed by atoms with Gasteiger partial charge < -0.3 is 19.4 Å². The van der Waals surface area contributed by atoms with E-state index in [2.05, 4.69) is 10.3 Å². The van der Waals surface area contributed by atoms with Crippen molar-refractivity contribution in [1.29, 1.82) is 0 Å². The molecule has 0 atom stereocenters. The van der Waals surface area contributed by atoms with E-state index >= 15 is 0 Å². The van der Waals surface area contributed by atoms with Crippen molar-refractivity contribution >= 4 is 23.2 Å². The molecule has 168 valence electrons. The predicted octanol–water partition coefficient (Wildman–Crippen LogP) is 4.47. The van der Waals surface area contributed by atoms with Gasteiger partial charge in [-0.25, -0.2) is 4.98 Å². The third-order valence-corrected chi connectivity index (χ3v) is 6.37. The van der Waals surface area contributed by atoms with Gasteiger partial charge in [-0.1, -0.05) is 0 Å². The quantitative estimate of drug-likeness (QED) is 0.570. The highest BCUT2D eigenvalue weighted by Gasteiger charge is 2.27. The third kappa shape index (κ3) is 5.37. The molecule has 0 aliphatic carbocycles. The van der Waals surface area contributed by atoms with Gasteiger partial charge in [0.1, 0.15) is 17.2 Å². The molecule has 1 fully saturated rings. The Morgan fingerprint density at radius 1 is 1.22 bits per heavy atom. The molecule has 1 aromatic carbocycles. The van der Waals surface area contributed by atoms with E-state index in [1.165, 1.54) is 11.3 Å². The van der Waals surface area contributed by atoms with E-state index < -0.39 is 0 Å². The fourth-order valence-corrected chi connectivity index (χ4v) is 4.68. The number of hydrogen-bond donors (Lipinski definition) is 1. The van der Waals surface area contributed by atoms with E-state index in [-0.39, 0.29) is 23.8 Å². The highest BCUT2D eigenvalue weighted by atomic mass is 32.1. The van der Waals surface area contributed by atoms with Crippen molar-refractivity contribution in [3.05, 3.63) is 70.1 Å². The normalized spacial score (nSPS) is 14.5. The number of carbonyl (C=O) groups is 2. The Bertz CT molecular complexity index is 1040. The zero-order valence-corrected chi connectivity index (χ0v) is 19.1. The Balaban J connectivity index is 1.29. The van der Waals surface area contributed by atoms with E-state index in [9.17, 15) is 9.59 Å². The van der Waals surface area contributed by atoms with Crippen molar-refractivity contribution in [3.63, 3.8) is 0 Å². The number of piperidine rings is 1. The van der Waals surface area contributed by atoms with Crippen LogP contribution in [0.3, 0.4) is 0 Å². The van der Waals surface area contributed by atoms with Crippen LogP contribution in [-0.4, -0.2) is 40.9 Å². The number of carbonyl (C=O) groups excluding carboxylic acids is 2. The fourth-order valence-electron chi connectivity index (χ4n) is 3.71. The van der Waals surface area contributed by atoms with Crippen molar-refractivity contribution in [2.24, 2.45) is 0 Å². The van der Waals surface area contributed by atoms with E-state index in [1.54, 1.807) is 17.7 Å². The molecule has 4 rings (SSSR count). The molecule has 3 heterocycles. The largest absolute Gasteiger partial charge is 0.491 e. The van der Waals surface area contributed by atoms with Gasteiger partial charge in [0.15, 0.2) is 0 Å². The molecule has 1 N–H and O–H groups in total. The number of aromatic nitrogens is 1. The molecule has 1 saturated heterocycles. The number of benzene rings is 1. The summed E-state index contributed by atoms with van der Waals surface area (Å²) in [4.78, 5) is 31.6. The van der Waals surface area contributed by atoms with E-state index in [0.717, 1.165) is 23.6 Å². The van der Waals surface area contributed by atoms with Gasteiger partial charge in [-0.2, -0.15) is 0 Å². The van der Waals surface area contributed by atoms with E-state index in [4.69, 9.17) is 9.15 Å². The maximum Gasteiger partial charge on any atom is 0.271 e. The first-order valence-corrected chi connectivity index (χ1v) is 11.7. The van der Waals surface area contributed by atoms with Gasteiger partial charge in [-0.15, -0.1) is 11.3 Å². The van der Waals surface area contributed by atoms with Crippen molar-refractivity contribution in [1.82, 2.24) is 15.2 Å². The number of furan rings is 1. The van der Waals surface area contributed by atoms with E-state index in [1.807, 2.05) is 49.1 Å². The number of hydrogen-bond acceptors (Lipinski definition) is 6. The summed E-state index contributed by atoms with van der Waals surface area (Å²) in [6.45, 7) is 5.63.